The molecule has 2 bridgehead atoms. The number of benzene rings is 1. The molecular weight excluding hydrogens is 400 g/mol. The Balaban J connectivity index is 1.27. The van der Waals surface area contributed by atoms with Crippen molar-refractivity contribution in [3.8, 4) is 5.75 Å². The molecule has 5 heterocycles. The van der Waals surface area contributed by atoms with Crippen molar-refractivity contribution in [1.82, 2.24) is 9.80 Å². The average molecular weight is 427 g/mol. The first-order valence-electron chi connectivity index (χ1n) is 10.7. The van der Waals surface area contributed by atoms with Gasteiger partial charge in [-0.15, -0.1) is 11.3 Å². The molecule has 4 aliphatic heterocycles. The number of hydrogen-bond donors (Lipinski definition) is 1. The summed E-state index contributed by atoms with van der Waals surface area (Å²) in [6, 6.07) is 10.1. The van der Waals surface area contributed by atoms with Gasteiger partial charge in [0.15, 0.2) is 0 Å². The van der Waals surface area contributed by atoms with Gasteiger partial charge in [0.1, 0.15) is 11.4 Å². The molecule has 1 N–H and O–H groups in total. The first-order valence-corrected chi connectivity index (χ1v) is 11.6. The van der Waals surface area contributed by atoms with Crippen LogP contribution in [-0.2, 0) is 17.7 Å². The lowest BCUT2D eigenvalue weighted by Gasteiger charge is -2.40. The molecule has 1 aromatic carbocycles. The van der Waals surface area contributed by atoms with E-state index in [-0.39, 0.29) is 36.1 Å². The maximum Gasteiger partial charge on any atom is 0.257 e. The van der Waals surface area contributed by atoms with E-state index in [0.717, 1.165) is 37.4 Å². The predicted octanol–water partition coefficient (Wildman–Crippen LogP) is 2.02. The van der Waals surface area contributed by atoms with Gasteiger partial charge in [-0.25, -0.2) is 0 Å². The third-order valence-electron chi connectivity index (χ3n) is 7.26. The summed E-state index contributed by atoms with van der Waals surface area (Å²) in [4.78, 5) is 19.2. The van der Waals surface area contributed by atoms with Crippen molar-refractivity contribution in [2.45, 2.75) is 24.7 Å². The zero-order valence-corrected chi connectivity index (χ0v) is 17.6. The number of nitrogens with zero attached hydrogens (tertiary/aromatic N) is 2. The maximum absolute atomic E-state index is 13.5. The molecule has 3 saturated heterocycles. The molecule has 158 valence electrons. The number of carbonyl (C=O) groups is 1. The van der Waals surface area contributed by atoms with E-state index in [9.17, 15) is 9.90 Å². The minimum Gasteiger partial charge on any atom is -0.492 e. The Morgan fingerprint density at radius 1 is 1.23 bits per heavy atom. The number of rotatable bonds is 4. The van der Waals surface area contributed by atoms with Crippen molar-refractivity contribution in [3.05, 3.63) is 51.7 Å². The normalized spacial score (nSPS) is 32.2. The Hall–Kier alpha value is -1.93. The van der Waals surface area contributed by atoms with Crippen molar-refractivity contribution in [1.29, 1.82) is 0 Å². The molecular formula is C23H26N2O4S. The third-order valence-corrected chi connectivity index (χ3v) is 8.12. The molecule has 30 heavy (non-hydrogen) atoms. The van der Waals surface area contributed by atoms with Gasteiger partial charge in [-0.3, -0.25) is 9.69 Å². The third kappa shape index (κ3) is 2.83. The van der Waals surface area contributed by atoms with Crippen LogP contribution in [-0.4, -0.2) is 71.9 Å². The van der Waals surface area contributed by atoms with E-state index in [2.05, 4.69) is 22.4 Å². The standard InChI is InChI=1S/C23H26N2O4S/c26-12-18-19-10-24(9-16-4-2-8-30-16)13-23(19)14-25(11-20(18)29-23)22(27)17-5-1-3-15-6-7-28-21(15)17/h1-5,8,18-20,26H,6-7,9-14H2/t18-,19+,20+,23-/m0/s1. The highest BCUT2D eigenvalue weighted by Crippen LogP contribution is 2.49. The number of thiophene rings is 1. The minimum absolute atomic E-state index is 0.0236. The Labute approximate surface area is 180 Å². The number of ether oxygens (including phenoxy) is 2. The highest BCUT2D eigenvalue weighted by molar-refractivity contribution is 7.09. The molecule has 0 saturated carbocycles. The Morgan fingerprint density at radius 2 is 2.17 bits per heavy atom. The van der Waals surface area contributed by atoms with Gasteiger partial charge in [-0.2, -0.15) is 0 Å². The van der Waals surface area contributed by atoms with Crippen LogP contribution in [0.3, 0.4) is 0 Å². The summed E-state index contributed by atoms with van der Waals surface area (Å²) >= 11 is 1.77. The number of amides is 1. The molecule has 1 aromatic heterocycles. The molecule has 2 aromatic rings. The quantitative estimate of drug-likeness (QED) is 0.811. The summed E-state index contributed by atoms with van der Waals surface area (Å²) in [6.45, 7) is 4.47. The number of fused-ring (bicyclic) bond motifs is 2. The lowest BCUT2D eigenvalue weighted by Crippen LogP contribution is -2.55. The molecule has 1 amide bonds. The second kappa shape index (κ2) is 7.05. The minimum atomic E-state index is -0.387. The lowest BCUT2D eigenvalue weighted by molar-refractivity contribution is -0.108. The molecule has 6 rings (SSSR count). The number of carbonyl (C=O) groups excluding carboxylic acids is 1. The number of morpholine rings is 1. The smallest absolute Gasteiger partial charge is 0.257 e. The molecule has 0 radical (unpaired) electrons. The lowest BCUT2D eigenvalue weighted by atomic mass is 9.83. The maximum atomic E-state index is 13.5. The first kappa shape index (κ1) is 18.8. The van der Waals surface area contributed by atoms with Crippen molar-refractivity contribution in [3.63, 3.8) is 0 Å². The number of likely N-dealkylation sites (tertiary alicyclic amines) is 2. The molecule has 0 unspecified atom stereocenters. The SMILES string of the molecule is O=C(c1cccc2c1OCC2)N1C[C@H]2O[C@@]3(CN(Cc4cccs4)C[C@@H]3[C@@H]2CO)C1. The van der Waals surface area contributed by atoms with Crippen LogP contribution in [0.1, 0.15) is 20.8 Å². The van der Waals surface area contributed by atoms with Crippen molar-refractivity contribution < 1.29 is 19.4 Å². The van der Waals surface area contributed by atoms with Crippen molar-refractivity contribution in [2.24, 2.45) is 11.8 Å². The van der Waals surface area contributed by atoms with Gasteiger partial charge in [-0.1, -0.05) is 18.2 Å². The van der Waals surface area contributed by atoms with Crippen LogP contribution < -0.4 is 4.74 Å². The van der Waals surface area contributed by atoms with E-state index in [1.54, 1.807) is 11.3 Å². The van der Waals surface area contributed by atoms with Gasteiger partial charge in [0, 0.05) is 55.9 Å². The van der Waals surface area contributed by atoms with E-state index in [1.807, 2.05) is 23.1 Å². The fourth-order valence-electron chi connectivity index (χ4n) is 5.98. The fourth-order valence-corrected chi connectivity index (χ4v) is 6.73. The van der Waals surface area contributed by atoms with Crippen molar-refractivity contribution in [2.75, 3.05) is 39.4 Å². The Morgan fingerprint density at radius 3 is 3.00 bits per heavy atom. The van der Waals surface area contributed by atoms with Crippen LogP contribution in [0.2, 0.25) is 0 Å². The summed E-state index contributed by atoms with van der Waals surface area (Å²) in [6.07, 6.45) is 0.762. The number of aliphatic hydroxyl groups excluding tert-OH is 1. The second-order valence-corrected chi connectivity index (χ2v) is 10.0. The molecule has 4 atom stereocenters. The van der Waals surface area contributed by atoms with Crippen LogP contribution >= 0.6 is 11.3 Å². The molecule has 3 fully saturated rings. The van der Waals surface area contributed by atoms with Gasteiger partial charge in [0.2, 0.25) is 0 Å². The summed E-state index contributed by atoms with van der Waals surface area (Å²) in [7, 11) is 0. The van der Waals surface area contributed by atoms with E-state index >= 15 is 0 Å². The van der Waals surface area contributed by atoms with Crippen LogP contribution in [0.15, 0.2) is 35.7 Å². The first-order chi connectivity index (χ1) is 14.7. The summed E-state index contributed by atoms with van der Waals surface area (Å²) in [5.74, 6) is 1.10. The van der Waals surface area contributed by atoms with E-state index < -0.39 is 0 Å². The van der Waals surface area contributed by atoms with Crippen LogP contribution in [0.25, 0.3) is 0 Å². The monoisotopic (exact) mass is 426 g/mol. The van der Waals surface area contributed by atoms with Crippen LogP contribution in [0, 0.1) is 11.8 Å². The number of aliphatic hydroxyl groups is 1. The Kier molecular flexibility index (Phi) is 4.42. The summed E-state index contributed by atoms with van der Waals surface area (Å²) in [5.41, 5.74) is 1.39. The zero-order chi connectivity index (χ0) is 20.3. The Bertz CT molecular complexity index is 964. The molecule has 7 heteroatoms. The van der Waals surface area contributed by atoms with E-state index in [4.69, 9.17) is 9.47 Å². The van der Waals surface area contributed by atoms with E-state index in [1.165, 1.54) is 4.88 Å². The van der Waals surface area contributed by atoms with Crippen LogP contribution in [0.5, 0.6) is 5.75 Å². The highest BCUT2D eigenvalue weighted by atomic mass is 32.1. The highest BCUT2D eigenvalue weighted by Gasteiger charge is 2.62. The summed E-state index contributed by atoms with van der Waals surface area (Å²) < 4.78 is 12.3. The average Bonchev–Trinajstić information content (AvgIpc) is 3.51. The zero-order valence-electron chi connectivity index (χ0n) is 16.8. The van der Waals surface area contributed by atoms with Crippen LogP contribution in [0.4, 0.5) is 0 Å². The second-order valence-electron chi connectivity index (χ2n) is 9.00. The molecule has 6 nitrogen and oxygen atoms in total. The van der Waals surface area contributed by atoms with Gasteiger partial charge >= 0.3 is 0 Å². The topological polar surface area (TPSA) is 62.2 Å². The fraction of sp³-hybridized carbons (Fsp3) is 0.522. The van der Waals surface area contributed by atoms with Gasteiger partial charge in [0.05, 0.1) is 24.8 Å². The predicted molar refractivity (Wildman–Crippen MR) is 113 cm³/mol. The van der Waals surface area contributed by atoms with Gasteiger partial charge in [0.25, 0.3) is 5.91 Å². The summed E-state index contributed by atoms with van der Waals surface area (Å²) in [5, 5.41) is 12.3. The number of para-hydroxylation sites is 1. The molecule has 0 aliphatic carbocycles. The largest absolute Gasteiger partial charge is 0.492 e. The van der Waals surface area contributed by atoms with Gasteiger partial charge < -0.3 is 19.5 Å². The van der Waals surface area contributed by atoms with Gasteiger partial charge in [-0.05, 0) is 23.1 Å². The number of hydrogen-bond acceptors (Lipinski definition) is 6. The molecule has 1 spiro atoms. The van der Waals surface area contributed by atoms with Crippen molar-refractivity contribution >= 4 is 17.2 Å². The van der Waals surface area contributed by atoms with E-state index in [0.29, 0.717) is 25.3 Å². The molecule has 4 aliphatic rings.